The summed E-state index contributed by atoms with van der Waals surface area (Å²) < 4.78 is 2.02. The molecule has 0 radical (unpaired) electrons. The van der Waals surface area contributed by atoms with Gasteiger partial charge < -0.3 is 9.80 Å². The fourth-order valence-corrected chi connectivity index (χ4v) is 5.87. The zero-order valence-corrected chi connectivity index (χ0v) is 23.8. The van der Waals surface area contributed by atoms with Crippen molar-refractivity contribution in [2.24, 2.45) is 0 Å². The molecule has 0 N–H and O–H groups in total. The molecule has 4 rings (SSSR count). The van der Waals surface area contributed by atoms with Crippen molar-refractivity contribution in [3.8, 4) is 17.1 Å². The molecule has 1 aliphatic rings. The molecule has 1 fully saturated rings. The number of nitrogens with zero attached hydrogens (tertiary/aromatic N) is 5. The number of amides is 2. The lowest BCUT2D eigenvalue weighted by atomic mass is 10.1. The Labute approximate surface area is 234 Å². The normalized spacial score (nSPS) is 15.6. The second kappa shape index (κ2) is 13.8. The molecule has 0 saturated carbocycles. The van der Waals surface area contributed by atoms with E-state index in [2.05, 4.69) is 17.1 Å². The Hall–Kier alpha value is -2.84. The Kier molecular flexibility index (Phi) is 10.2. The highest BCUT2D eigenvalue weighted by atomic mass is 35.5. The van der Waals surface area contributed by atoms with Gasteiger partial charge in [0.2, 0.25) is 11.8 Å². The van der Waals surface area contributed by atoms with Gasteiger partial charge in [0, 0.05) is 55.5 Å². The number of unbranched alkanes of at least 4 members (excludes halogenated alkanes) is 2. The topological polar surface area (TPSA) is 71.3 Å². The van der Waals surface area contributed by atoms with E-state index in [-0.39, 0.29) is 17.9 Å². The van der Waals surface area contributed by atoms with Crippen LogP contribution in [0.4, 0.5) is 0 Å². The number of para-hydroxylation sites is 1. The van der Waals surface area contributed by atoms with Crippen LogP contribution in [-0.4, -0.2) is 67.8 Å². The Bertz CT molecular complexity index is 1220. The van der Waals surface area contributed by atoms with Crippen LogP contribution in [-0.2, 0) is 9.59 Å². The zero-order chi connectivity index (χ0) is 26.9. The summed E-state index contributed by atoms with van der Waals surface area (Å²) in [6.45, 7) is 6.02. The Balaban J connectivity index is 1.32. The van der Waals surface area contributed by atoms with Crippen molar-refractivity contribution in [2.75, 3.05) is 25.4 Å². The molecule has 202 valence electrons. The third-order valence-corrected chi connectivity index (χ3v) is 8.17. The van der Waals surface area contributed by atoms with E-state index in [0.29, 0.717) is 43.3 Å². The highest BCUT2D eigenvalue weighted by Crippen LogP contribution is 2.32. The molecule has 1 aromatic heterocycles. The van der Waals surface area contributed by atoms with Gasteiger partial charge in [-0.1, -0.05) is 73.5 Å². The number of carbonyl (C=O) groups is 2. The molecule has 2 aromatic carbocycles. The maximum atomic E-state index is 12.9. The number of halogens is 1. The van der Waals surface area contributed by atoms with E-state index in [4.69, 9.17) is 11.6 Å². The fraction of sp³-hybridized carbons (Fsp3) is 0.448. The summed E-state index contributed by atoms with van der Waals surface area (Å²) in [4.78, 5) is 29.3. The molecule has 2 amide bonds. The molecule has 7 nitrogen and oxygen atoms in total. The van der Waals surface area contributed by atoms with Crippen LogP contribution in [0.5, 0.6) is 0 Å². The quantitative estimate of drug-likeness (QED) is 0.212. The van der Waals surface area contributed by atoms with Crippen LogP contribution in [0.3, 0.4) is 0 Å². The van der Waals surface area contributed by atoms with Gasteiger partial charge in [-0.15, -0.1) is 10.2 Å². The van der Waals surface area contributed by atoms with Gasteiger partial charge in [0.05, 0.1) is 5.02 Å². The van der Waals surface area contributed by atoms with Gasteiger partial charge >= 0.3 is 0 Å². The number of hydrogen-bond donors (Lipinski definition) is 0. The summed E-state index contributed by atoms with van der Waals surface area (Å²) in [5.41, 5.74) is 1.78. The van der Waals surface area contributed by atoms with Crippen molar-refractivity contribution in [3.63, 3.8) is 0 Å². The van der Waals surface area contributed by atoms with E-state index in [9.17, 15) is 9.59 Å². The molecule has 0 spiro atoms. The van der Waals surface area contributed by atoms with Crippen LogP contribution in [0.1, 0.15) is 52.4 Å². The maximum absolute atomic E-state index is 12.9. The van der Waals surface area contributed by atoms with E-state index in [1.807, 2.05) is 75.9 Å². The predicted octanol–water partition coefficient (Wildman–Crippen LogP) is 6.10. The highest BCUT2D eigenvalue weighted by Gasteiger charge is 2.29. The average molecular weight is 554 g/mol. The lowest BCUT2D eigenvalue weighted by Gasteiger charge is -2.40. The minimum Gasteiger partial charge on any atom is -0.339 e. The number of thioether (sulfide) groups is 1. The molecule has 1 aliphatic heterocycles. The van der Waals surface area contributed by atoms with E-state index < -0.39 is 0 Å². The third-order valence-electron chi connectivity index (χ3n) is 6.82. The maximum Gasteiger partial charge on any atom is 0.222 e. The highest BCUT2D eigenvalue weighted by molar-refractivity contribution is 7.99. The number of piperazine rings is 1. The first kappa shape index (κ1) is 28.2. The molecule has 0 bridgehead atoms. The van der Waals surface area contributed by atoms with Gasteiger partial charge in [-0.25, -0.2) is 0 Å². The summed E-state index contributed by atoms with van der Waals surface area (Å²) >= 11 is 8.06. The van der Waals surface area contributed by atoms with Gasteiger partial charge in [-0.05, 0) is 44.0 Å². The molecular weight excluding hydrogens is 518 g/mol. The molecule has 1 saturated heterocycles. The number of benzene rings is 2. The second-order valence-corrected chi connectivity index (χ2v) is 11.1. The minimum absolute atomic E-state index is 0.0591. The SMILES string of the molecule is CCCCCC(=O)N1CCN(C(=O)CCCSc2nnc(-c3ccccc3Cl)n2-c2ccccc2)CC1C. The monoisotopic (exact) mass is 553 g/mol. The third kappa shape index (κ3) is 6.97. The van der Waals surface area contributed by atoms with E-state index >= 15 is 0 Å². The molecule has 1 atom stereocenters. The van der Waals surface area contributed by atoms with Crippen molar-refractivity contribution in [3.05, 3.63) is 59.6 Å². The van der Waals surface area contributed by atoms with Gasteiger partial charge in [0.25, 0.3) is 0 Å². The van der Waals surface area contributed by atoms with Gasteiger partial charge in [0.15, 0.2) is 11.0 Å². The summed E-state index contributed by atoms with van der Waals surface area (Å²) in [5, 5.41) is 10.3. The zero-order valence-electron chi connectivity index (χ0n) is 22.2. The summed E-state index contributed by atoms with van der Waals surface area (Å²) in [7, 11) is 0. The first-order valence-electron chi connectivity index (χ1n) is 13.5. The molecule has 38 heavy (non-hydrogen) atoms. The molecule has 3 aromatic rings. The molecule has 9 heteroatoms. The van der Waals surface area contributed by atoms with Crippen molar-refractivity contribution in [1.82, 2.24) is 24.6 Å². The number of hydrogen-bond acceptors (Lipinski definition) is 5. The summed E-state index contributed by atoms with van der Waals surface area (Å²) in [6.07, 6.45) is 4.94. The van der Waals surface area contributed by atoms with E-state index in [1.165, 1.54) is 0 Å². The van der Waals surface area contributed by atoms with Crippen LogP contribution >= 0.6 is 23.4 Å². The van der Waals surface area contributed by atoms with Gasteiger partial charge in [0.1, 0.15) is 0 Å². The standard InChI is InChI=1S/C29H36ClN5O2S/c1-3-4-6-16-27(37)34-19-18-33(21-22(34)2)26(36)17-11-20-38-29-32-31-28(24-14-9-10-15-25(24)30)35(29)23-12-7-5-8-13-23/h5,7-10,12-15,22H,3-4,6,11,16-21H2,1-2H3. The second-order valence-electron chi connectivity index (χ2n) is 9.64. The van der Waals surface area contributed by atoms with E-state index in [1.54, 1.807) is 11.8 Å². The van der Waals surface area contributed by atoms with Gasteiger partial charge in [-0.3, -0.25) is 14.2 Å². The minimum atomic E-state index is 0.0591. The van der Waals surface area contributed by atoms with Crippen LogP contribution < -0.4 is 0 Å². The number of aromatic nitrogens is 3. The van der Waals surface area contributed by atoms with Crippen LogP contribution in [0.25, 0.3) is 17.1 Å². The van der Waals surface area contributed by atoms with Crippen molar-refractivity contribution in [1.29, 1.82) is 0 Å². The first-order chi connectivity index (χ1) is 18.5. The average Bonchev–Trinajstić information content (AvgIpc) is 3.35. The molecular formula is C29H36ClN5O2S. The van der Waals surface area contributed by atoms with Crippen LogP contribution in [0.2, 0.25) is 5.02 Å². The molecule has 0 aliphatic carbocycles. The van der Waals surface area contributed by atoms with Crippen molar-refractivity contribution < 1.29 is 9.59 Å². The van der Waals surface area contributed by atoms with Crippen molar-refractivity contribution >= 4 is 35.2 Å². The lowest BCUT2D eigenvalue weighted by molar-refractivity contribution is -0.142. The van der Waals surface area contributed by atoms with Crippen LogP contribution in [0, 0.1) is 0 Å². The fourth-order valence-electron chi connectivity index (χ4n) is 4.76. The Morgan fingerprint density at radius 3 is 2.42 bits per heavy atom. The lowest BCUT2D eigenvalue weighted by Crippen LogP contribution is -2.55. The van der Waals surface area contributed by atoms with Crippen LogP contribution in [0.15, 0.2) is 59.8 Å². The predicted molar refractivity (Wildman–Crippen MR) is 154 cm³/mol. The molecule has 1 unspecified atom stereocenters. The first-order valence-corrected chi connectivity index (χ1v) is 14.8. The largest absolute Gasteiger partial charge is 0.339 e. The number of carbonyl (C=O) groups excluding carboxylic acids is 2. The Morgan fingerprint density at radius 2 is 1.68 bits per heavy atom. The smallest absolute Gasteiger partial charge is 0.222 e. The number of rotatable bonds is 11. The van der Waals surface area contributed by atoms with Crippen molar-refractivity contribution in [2.45, 2.75) is 63.6 Å². The summed E-state index contributed by atoms with van der Waals surface area (Å²) in [6, 6.07) is 17.7. The van der Waals surface area contributed by atoms with Gasteiger partial charge in [-0.2, -0.15) is 0 Å². The summed E-state index contributed by atoms with van der Waals surface area (Å²) in [5.74, 6) is 1.80. The van der Waals surface area contributed by atoms with E-state index in [0.717, 1.165) is 47.8 Å². The molecule has 2 heterocycles. The Morgan fingerprint density at radius 1 is 0.947 bits per heavy atom.